The third-order valence-corrected chi connectivity index (χ3v) is 5.19. The first-order valence-corrected chi connectivity index (χ1v) is 8.80. The van der Waals surface area contributed by atoms with E-state index in [0.29, 0.717) is 0 Å². The fraction of sp³-hybridized carbons (Fsp3) is 0.562. The Kier molecular flexibility index (Phi) is 6.58. The van der Waals surface area contributed by atoms with Crippen molar-refractivity contribution in [2.24, 2.45) is 0 Å². The van der Waals surface area contributed by atoms with Gasteiger partial charge in [-0.1, -0.05) is 12.1 Å². The Morgan fingerprint density at radius 1 is 1.41 bits per heavy atom. The summed E-state index contributed by atoms with van der Waals surface area (Å²) >= 11 is 2.03. The van der Waals surface area contributed by atoms with E-state index in [0.717, 1.165) is 31.5 Å². The molecule has 1 aliphatic rings. The van der Waals surface area contributed by atoms with Gasteiger partial charge in [0.15, 0.2) is 0 Å². The number of aliphatic hydroxyl groups is 1. The maximum absolute atomic E-state index is 12.8. The van der Waals surface area contributed by atoms with E-state index in [1.807, 2.05) is 29.5 Å². The highest BCUT2D eigenvalue weighted by molar-refractivity contribution is 14.1. The van der Waals surface area contributed by atoms with Crippen molar-refractivity contribution in [2.45, 2.75) is 42.4 Å². The summed E-state index contributed by atoms with van der Waals surface area (Å²) in [5, 5.41) is 12.7. The highest BCUT2D eigenvalue weighted by atomic mass is 127. The Labute approximate surface area is 144 Å². The molecular weight excluding hydrogens is 398 g/mol. The highest BCUT2D eigenvalue weighted by Crippen LogP contribution is 2.17. The van der Waals surface area contributed by atoms with Gasteiger partial charge in [0.1, 0.15) is 9.93 Å². The number of benzene rings is 1. The Bertz CT molecular complexity index is 487. The second kappa shape index (κ2) is 8.21. The van der Waals surface area contributed by atoms with E-state index in [-0.39, 0.29) is 34.3 Å². The van der Waals surface area contributed by atoms with Crippen LogP contribution in [0.25, 0.3) is 0 Å². The SMILES string of the molecule is CC(C(O)I)N1CCC(NC(=O)Cc2ccc(F)cc2)CC1. The normalized spacial score (nSPS) is 19.6. The Morgan fingerprint density at radius 3 is 2.55 bits per heavy atom. The molecule has 2 rings (SSSR count). The molecule has 0 spiro atoms. The van der Waals surface area contributed by atoms with Crippen LogP contribution < -0.4 is 5.32 Å². The molecule has 2 N–H and O–H groups in total. The fourth-order valence-electron chi connectivity index (χ4n) is 2.69. The van der Waals surface area contributed by atoms with E-state index < -0.39 is 0 Å². The number of hydrogen-bond acceptors (Lipinski definition) is 3. The van der Waals surface area contributed by atoms with Crippen LogP contribution in [0, 0.1) is 5.82 Å². The van der Waals surface area contributed by atoms with Crippen LogP contribution >= 0.6 is 22.6 Å². The zero-order valence-corrected chi connectivity index (χ0v) is 14.8. The molecule has 2 atom stereocenters. The maximum Gasteiger partial charge on any atom is 0.224 e. The topological polar surface area (TPSA) is 52.6 Å². The monoisotopic (exact) mass is 420 g/mol. The highest BCUT2D eigenvalue weighted by Gasteiger charge is 2.26. The van der Waals surface area contributed by atoms with Crippen molar-refractivity contribution in [3.05, 3.63) is 35.6 Å². The molecule has 2 unspecified atom stereocenters. The van der Waals surface area contributed by atoms with Crippen LogP contribution in [-0.4, -0.2) is 45.2 Å². The molecule has 1 aromatic rings. The summed E-state index contributed by atoms with van der Waals surface area (Å²) in [6.07, 6.45) is 2.06. The number of nitrogens with one attached hydrogen (secondary N) is 1. The molecule has 1 aliphatic heterocycles. The third-order valence-electron chi connectivity index (χ3n) is 4.15. The minimum atomic E-state index is -0.373. The maximum atomic E-state index is 12.8. The Hall–Kier alpha value is -0.730. The van der Waals surface area contributed by atoms with E-state index in [9.17, 15) is 14.3 Å². The van der Waals surface area contributed by atoms with Gasteiger partial charge in [0.05, 0.1) is 6.42 Å². The van der Waals surface area contributed by atoms with Gasteiger partial charge in [-0.25, -0.2) is 4.39 Å². The van der Waals surface area contributed by atoms with Gasteiger partial charge in [0.2, 0.25) is 5.91 Å². The summed E-state index contributed by atoms with van der Waals surface area (Å²) in [5.74, 6) is -0.310. The number of alkyl halides is 1. The van der Waals surface area contributed by atoms with Gasteiger partial charge in [-0.05, 0) is 60.1 Å². The summed E-state index contributed by atoms with van der Waals surface area (Å²) in [6, 6.07) is 6.34. The lowest BCUT2D eigenvalue weighted by Crippen LogP contribution is -2.49. The van der Waals surface area contributed by atoms with E-state index in [2.05, 4.69) is 10.2 Å². The molecule has 22 heavy (non-hydrogen) atoms. The number of amides is 1. The number of hydrogen-bond donors (Lipinski definition) is 2. The summed E-state index contributed by atoms with van der Waals surface area (Å²) in [6.45, 7) is 3.77. The lowest BCUT2D eigenvalue weighted by atomic mass is 10.0. The Balaban J connectivity index is 1.76. The summed E-state index contributed by atoms with van der Waals surface area (Å²) < 4.78 is 12.5. The number of carbonyl (C=O) groups is 1. The van der Waals surface area contributed by atoms with Crippen molar-refractivity contribution in [1.29, 1.82) is 0 Å². The fourth-order valence-corrected chi connectivity index (χ4v) is 3.15. The quantitative estimate of drug-likeness (QED) is 0.567. The number of aliphatic hydroxyl groups excluding tert-OH is 1. The van der Waals surface area contributed by atoms with Crippen molar-refractivity contribution >= 4 is 28.5 Å². The molecule has 1 amide bonds. The van der Waals surface area contributed by atoms with Crippen LogP contribution in [0.1, 0.15) is 25.3 Å². The zero-order chi connectivity index (χ0) is 16.1. The van der Waals surface area contributed by atoms with Gasteiger partial charge in [-0.3, -0.25) is 9.69 Å². The lowest BCUT2D eigenvalue weighted by molar-refractivity contribution is -0.121. The molecule has 6 heteroatoms. The minimum Gasteiger partial charge on any atom is -0.381 e. The van der Waals surface area contributed by atoms with Gasteiger partial charge < -0.3 is 10.4 Å². The van der Waals surface area contributed by atoms with Crippen LogP contribution in [0.15, 0.2) is 24.3 Å². The number of piperidine rings is 1. The first kappa shape index (κ1) is 17.6. The summed E-state index contributed by atoms with van der Waals surface area (Å²) in [4.78, 5) is 14.3. The van der Waals surface area contributed by atoms with Crippen LogP contribution in [-0.2, 0) is 11.2 Å². The van der Waals surface area contributed by atoms with Gasteiger partial charge in [-0.2, -0.15) is 0 Å². The third kappa shape index (κ3) is 5.17. The number of likely N-dealkylation sites (tertiary alicyclic amines) is 1. The second-order valence-electron chi connectivity index (χ2n) is 5.79. The minimum absolute atomic E-state index is 0.0213. The number of halogens is 2. The average molecular weight is 420 g/mol. The first-order chi connectivity index (χ1) is 10.5. The number of carbonyl (C=O) groups excluding carboxylic acids is 1. The zero-order valence-electron chi connectivity index (χ0n) is 12.6. The van der Waals surface area contributed by atoms with Crippen LogP contribution in [0.2, 0.25) is 0 Å². The predicted molar refractivity (Wildman–Crippen MR) is 92.3 cm³/mol. The van der Waals surface area contributed by atoms with Crippen molar-refractivity contribution in [2.75, 3.05) is 13.1 Å². The van der Waals surface area contributed by atoms with Gasteiger partial charge >= 0.3 is 0 Å². The van der Waals surface area contributed by atoms with Crippen molar-refractivity contribution in [3.63, 3.8) is 0 Å². The van der Waals surface area contributed by atoms with Gasteiger partial charge in [0.25, 0.3) is 0 Å². The summed E-state index contributed by atoms with van der Waals surface area (Å²) in [7, 11) is 0. The second-order valence-corrected chi connectivity index (χ2v) is 7.07. The summed E-state index contributed by atoms with van der Waals surface area (Å²) in [5.41, 5.74) is 0.818. The van der Waals surface area contributed by atoms with E-state index in [1.165, 1.54) is 12.1 Å². The molecule has 1 saturated heterocycles. The molecule has 1 aromatic carbocycles. The predicted octanol–water partition coefficient (Wildman–Crippen LogP) is 2.09. The first-order valence-electron chi connectivity index (χ1n) is 7.55. The molecule has 0 saturated carbocycles. The average Bonchev–Trinajstić information content (AvgIpc) is 2.49. The van der Waals surface area contributed by atoms with E-state index in [1.54, 1.807) is 12.1 Å². The van der Waals surface area contributed by atoms with E-state index >= 15 is 0 Å². The molecule has 1 fully saturated rings. The molecule has 122 valence electrons. The lowest BCUT2D eigenvalue weighted by Gasteiger charge is -2.36. The van der Waals surface area contributed by atoms with Crippen LogP contribution in [0.4, 0.5) is 4.39 Å². The smallest absolute Gasteiger partial charge is 0.224 e. The van der Waals surface area contributed by atoms with Crippen molar-refractivity contribution < 1.29 is 14.3 Å². The van der Waals surface area contributed by atoms with E-state index in [4.69, 9.17) is 0 Å². The van der Waals surface area contributed by atoms with Crippen molar-refractivity contribution in [1.82, 2.24) is 10.2 Å². The molecule has 1 heterocycles. The van der Waals surface area contributed by atoms with Crippen LogP contribution in [0.3, 0.4) is 0 Å². The molecule has 0 aromatic heterocycles. The standard InChI is InChI=1S/C16H22FIN2O2/c1-11(16(18)22)20-8-6-14(7-9-20)19-15(21)10-12-2-4-13(17)5-3-12/h2-5,11,14,16,22H,6-10H2,1H3,(H,19,21). The largest absolute Gasteiger partial charge is 0.381 e. The van der Waals surface area contributed by atoms with Crippen molar-refractivity contribution in [3.8, 4) is 0 Å². The van der Waals surface area contributed by atoms with Crippen LogP contribution in [0.5, 0.6) is 0 Å². The molecular formula is C16H22FIN2O2. The molecule has 0 radical (unpaired) electrons. The van der Waals surface area contributed by atoms with Gasteiger partial charge in [-0.15, -0.1) is 0 Å². The number of nitrogens with zero attached hydrogens (tertiary/aromatic N) is 1. The molecule has 4 nitrogen and oxygen atoms in total. The Morgan fingerprint density at radius 2 is 2.00 bits per heavy atom. The number of rotatable bonds is 5. The van der Waals surface area contributed by atoms with Gasteiger partial charge in [0, 0.05) is 25.2 Å². The molecule has 0 aliphatic carbocycles. The molecule has 0 bridgehead atoms.